The summed E-state index contributed by atoms with van der Waals surface area (Å²) in [7, 11) is 3.14. The van der Waals surface area contributed by atoms with Crippen LogP contribution in [0.1, 0.15) is 24.5 Å². The van der Waals surface area contributed by atoms with E-state index in [1.54, 1.807) is 32.1 Å². The molecule has 1 aromatic carbocycles. The molecule has 7 heteroatoms. The molecule has 0 radical (unpaired) electrons. The summed E-state index contributed by atoms with van der Waals surface area (Å²) < 4.78 is 16.1. The predicted octanol–water partition coefficient (Wildman–Crippen LogP) is 1.62. The average molecular weight is 385 g/mol. The summed E-state index contributed by atoms with van der Waals surface area (Å²) in [5, 5.41) is 0. The maximum Gasteiger partial charge on any atom is 0.318 e. The zero-order valence-electron chi connectivity index (χ0n) is 16.2. The van der Waals surface area contributed by atoms with Gasteiger partial charge in [0.2, 0.25) is 5.91 Å². The van der Waals surface area contributed by atoms with Crippen LogP contribution in [-0.4, -0.2) is 49.9 Å². The standard InChI is InChI=1S/C21H23NO6/c1-4-28-20(25)18-15-10-13(23)5-7-21(15)14-11-17(27-3)16(26-2)9-12(14)6-8-22(21)19(18)24/h5,7,9,11,15,18H,4,6,8,10H2,1-3H3/t15-,18-,21+/m1/s1. The molecule has 2 aliphatic heterocycles. The lowest BCUT2D eigenvalue weighted by molar-refractivity contribution is -0.153. The van der Waals surface area contributed by atoms with Gasteiger partial charge in [-0.25, -0.2) is 0 Å². The van der Waals surface area contributed by atoms with E-state index in [4.69, 9.17) is 14.2 Å². The second-order valence-electron chi connectivity index (χ2n) is 7.27. The van der Waals surface area contributed by atoms with Crippen LogP contribution in [0.5, 0.6) is 11.5 Å². The average Bonchev–Trinajstić information content (AvgIpc) is 2.95. The van der Waals surface area contributed by atoms with Crippen LogP contribution in [0.4, 0.5) is 0 Å². The fourth-order valence-electron chi connectivity index (χ4n) is 4.93. The molecule has 0 bridgehead atoms. The summed E-state index contributed by atoms with van der Waals surface area (Å²) in [5.41, 5.74) is 1.05. The number of carbonyl (C=O) groups excluding carboxylic acids is 3. The van der Waals surface area contributed by atoms with Gasteiger partial charge in [-0.2, -0.15) is 0 Å². The highest BCUT2D eigenvalue weighted by Gasteiger charge is 2.63. The van der Waals surface area contributed by atoms with Gasteiger partial charge in [-0.15, -0.1) is 0 Å². The van der Waals surface area contributed by atoms with Crippen LogP contribution in [0.3, 0.4) is 0 Å². The molecule has 4 rings (SSSR count). The van der Waals surface area contributed by atoms with Crippen molar-refractivity contribution in [2.75, 3.05) is 27.4 Å². The molecule has 2 heterocycles. The molecule has 1 saturated heterocycles. The number of ether oxygens (including phenoxy) is 3. The van der Waals surface area contributed by atoms with E-state index < -0.39 is 23.3 Å². The van der Waals surface area contributed by atoms with Crippen molar-refractivity contribution >= 4 is 17.7 Å². The Kier molecular flexibility index (Phi) is 4.40. The molecule has 0 saturated carbocycles. The predicted molar refractivity (Wildman–Crippen MR) is 99.0 cm³/mol. The molecule has 7 nitrogen and oxygen atoms in total. The number of fused-ring (bicyclic) bond motifs is 1. The minimum Gasteiger partial charge on any atom is -0.493 e. The minimum atomic E-state index is -0.979. The van der Waals surface area contributed by atoms with Crippen LogP contribution in [0, 0.1) is 11.8 Å². The molecule has 3 aliphatic rings. The lowest BCUT2D eigenvalue weighted by Gasteiger charge is -2.46. The van der Waals surface area contributed by atoms with E-state index in [0.29, 0.717) is 24.5 Å². The van der Waals surface area contributed by atoms with Gasteiger partial charge in [-0.1, -0.05) is 6.08 Å². The van der Waals surface area contributed by atoms with Crippen molar-refractivity contribution < 1.29 is 28.6 Å². The van der Waals surface area contributed by atoms with E-state index in [1.807, 2.05) is 12.1 Å². The second-order valence-corrected chi connectivity index (χ2v) is 7.27. The minimum absolute atomic E-state index is 0.0906. The van der Waals surface area contributed by atoms with Gasteiger partial charge in [0.25, 0.3) is 0 Å². The number of esters is 1. The third kappa shape index (κ3) is 2.38. The topological polar surface area (TPSA) is 82.1 Å². The Labute approximate surface area is 163 Å². The van der Waals surface area contributed by atoms with Crippen molar-refractivity contribution in [3.8, 4) is 11.5 Å². The lowest BCUT2D eigenvalue weighted by Crippen LogP contribution is -2.51. The number of methoxy groups -OCH3 is 2. The van der Waals surface area contributed by atoms with Crippen molar-refractivity contribution in [2.24, 2.45) is 11.8 Å². The Balaban J connectivity index is 1.93. The SMILES string of the molecule is CCOC(=O)[C@H]1C(=O)N2CCc3cc(OC)c(OC)cc3[C@]23C=CC(=O)C[C@H]13. The fraction of sp³-hybridized carbons (Fsp3) is 0.476. The molecule has 0 aromatic heterocycles. The number of rotatable bonds is 4. The first kappa shape index (κ1) is 18.5. The number of ketones is 1. The van der Waals surface area contributed by atoms with Gasteiger partial charge < -0.3 is 19.1 Å². The first-order chi connectivity index (χ1) is 13.5. The molecule has 28 heavy (non-hydrogen) atoms. The number of hydrogen-bond donors (Lipinski definition) is 0. The normalized spacial score (nSPS) is 27.8. The molecule has 1 fully saturated rings. The summed E-state index contributed by atoms with van der Waals surface area (Å²) in [5.74, 6) is -1.24. The van der Waals surface area contributed by atoms with Crippen molar-refractivity contribution in [1.29, 1.82) is 0 Å². The zero-order valence-corrected chi connectivity index (χ0v) is 16.2. The fourth-order valence-corrected chi connectivity index (χ4v) is 4.93. The summed E-state index contributed by atoms with van der Waals surface area (Å²) in [4.78, 5) is 39.8. The highest BCUT2D eigenvalue weighted by atomic mass is 16.5. The molecular formula is C21H23NO6. The van der Waals surface area contributed by atoms with Crippen LogP contribution < -0.4 is 9.47 Å². The first-order valence-electron chi connectivity index (χ1n) is 9.43. The molecule has 1 amide bonds. The Morgan fingerprint density at radius 3 is 2.61 bits per heavy atom. The van der Waals surface area contributed by atoms with Crippen LogP contribution in [0.25, 0.3) is 0 Å². The van der Waals surface area contributed by atoms with Crippen LogP contribution in [0.15, 0.2) is 24.3 Å². The molecule has 0 unspecified atom stereocenters. The number of hydrogen-bond acceptors (Lipinski definition) is 6. The monoisotopic (exact) mass is 385 g/mol. The zero-order chi connectivity index (χ0) is 20.1. The Morgan fingerprint density at radius 1 is 1.21 bits per heavy atom. The molecule has 148 valence electrons. The Morgan fingerprint density at radius 2 is 1.93 bits per heavy atom. The largest absolute Gasteiger partial charge is 0.493 e. The van der Waals surface area contributed by atoms with Crippen LogP contribution in [0.2, 0.25) is 0 Å². The molecule has 3 atom stereocenters. The van der Waals surface area contributed by atoms with Crippen LogP contribution in [-0.2, 0) is 31.1 Å². The lowest BCUT2D eigenvalue weighted by atomic mass is 9.67. The van der Waals surface area contributed by atoms with Crippen molar-refractivity contribution in [3.05, 3.63) is 35.4 Å². The first-order valence-corrected chi connectivity index (χ1v) is 9.43. The highest BCUT2D eigenvalue weighted by molar-refractivity contribution is 6.04. The summed E-state index contributed by atoms with van der Waals surface area (Å²) in [6.07, 6.45) is 4.06. The molecule has 1 aliphatic carbocycles. The number of amides is 1. The van der Waals surface area contributed by atoms with Gasteiger partial charge in [-0.05, 0) is 42.7 Å². The van der Waals surface area contributed by atoms with Crippen LogP contribution >= 0.6 is 0 Å². The van der Waals surface area contributed by atoms with E-state index in [0.717, 1.165) is 11.1 Å². The van der Waals surface area contributed by atoms with Gasteiger partial charge >= 0.3 is 5.97 Å². The summed E-state index contributed by atoms with van der Waals surface area (Å²) >= 11 is 0. The molecule has 1 spiro atoms. The summed E-state index contributed by atoms with van der Waals surface area (Å²) in [6.45, 7) is 2.36. The van der Waals surface area contributed by atoms with Gasteiger partial charge in [0.15, 0.2) is 17.3 Å². The second kappa shape index (κ2) is 6.65. The Bertz CT molecular complexity index is 891. The third-order valence-electron chi connectivity index (χ3n) is 6.08. The molecular weight excluding hydrogens is 362 g/mol. The number of carbonyl (C=O) groups is 3. The highest BCUT2D eigenvalue weighted by Crippen LogP contribution is 2.55. The number of nitrogens with zero attached hydrogens (tertiary/aromatic N) is 1. The van der Waals surface area contributed by atoms with E-state index in [-0.39, 0.29) is 24.7 Å². The van der Waals surface area contributed by atoms with Gasteiger partial charge in [0.1, 0.15) is 5.92 Å². The Hall–Kier alpha value is -2.83. The maximum atomic E-state index is 13.2. The maximum absolute atomic E-state index is 13.2. The van der Waals surface area contributed by atoms with Gasteiger partial charge in [0.05, 0.1) is 26.4 Å². The van der Waals surface area contributed by atoms with E-state index in [1.165, 1.54) is 6.08 Å². The van der Waals surface area contributed by atoms with Crippen molar-refractivity contribution in [3.63, 3.8) is 0 Å². The smallest absolute Gasteiger partial charge is 0.318 e. The number of benzene rings is 1. The van der Waals surface area contributed by atoms with Crippen molar-refractivity contribution in [2.45, 2.75) is 25.3 Å². The summed E-state index contributed by atoms with van der Waals surface area (Å²) in [6, 6.07) is 3.79. The molecule has 0 N–H and O–H groups in total. The van der Waals surface area contributed by atoms with Gasteiger partial charge in [-0.3, -0.25) is 14.4 Å². The van der Waals surface area contributed by atoms with Gasteiger partial charge in [0, 0.05) is 18.9 Å². The molecule has 1 aromatic rings. The third-order valence-corrected chi connectivity index (χ3v) is 6.08. The van der Waals surface area contributed by atoms with E-state index in [2.05, 4.69) is 0 Å². The number of allylic oxidation sites excluding steroid dienone is 1. The van der Waals surface area contributed by atoms with E-state index in [9.17, 15) is 14.4 Å². The van der Waals surface area contributed by atoms with Crippen molar-refractivity contribution in [1.82, 2.24) is 4.90 Å². The quantitative estimate of drug-likeness (QED) is 0.579. The van der Waals surface area contributed by atoms with E-state index >= 15 is 0 Å².